The smallest absolute Gasteiger partial charge is 0.244 e. The molecule has 1 unspecified atom stereocenters. The number of nitrogens with one attached hydrogen (secondary N) is 1. The zero-order valence-corrected chi connectivity index (χ0v) is 21.7. The highest BCUT2D eigenvalue weighted by Gasteiger charge is 2.26. The zero-order valence-electron chi connectivity index (χ0n) is 21.7. The van der Waals surface area contributed by atoms with Crippen LogP contribution in [0.1, 0.15) is 111 Å². The summed E-state index contributed by atoms with van der Waals surface area (Å²) in [6, 6.07) is 0. The van der Waals surface area contributed by atoms with Crippen molar-refractivity contribution in [2.24, 2.45) is 0 Å². The van der Waals surface area contributed by atoms with Crippen LogP contribution < -0.4 is 5.32 Å². The Balaban J connectivity index is 4.20. The molecule has 0 aromatic rings. The molecule has 0 saturated carbocycles. The first-order chi connectivity index (χ1) is 16.1. The lowest BCUT2D eigenvalue weighted by molar-refractivity contribution is -0.118. The van der Waals surface area contributed by atoms with Gasteiger partial charge >= 0.3 is 0 Å². The highest BCUT2D eigenvalue weighted by Crippen LogP contribution is 2.22. The third-order valence-corrected chi connectivity index (χ3v) is 5.66. The van der Waals surface area contributed by atoms with E-state index in [9.17, 15) is 9.90 Å². The fourth-order valence-electron chi connectivity index (χ4n) is 3.51. The van der Waals surface area contributed by atoms with Gasteiger partial charge in [-0.1, -0.05) is 133 Å². The minimum absolute atomic E-state index is 0.150. The van der Waals surface area contributed by atoms with Crippen molar-refractivity contribution in [2.75, 3.05) is 6.54 Å². The Kier molecular flexibility index (Phi) is 22.0. The van der Waals surface area contributed by atoms with E-state index in [2.05, 4.69) is 56.5 Å². The zero-order chi connectivity index (χ0) is 24.5. The molecule has 0 spiro atoms. The van der Waals surface area contributed by atoms with E-state index < -0.39 is 5.60 Å². The normalized spacial score (nSPS) is 14.4. The molecule has 0 aliphatic heterocycles. The largest absolute Gasteiger partial charge is 0.388 e. The van der Waals surface area contributed by atoms with Crippen LogP contribution in [-0.2, 0) is 4.79 Å². The van der Waals surface area contributed by atoms with Crippen molar-refractivity contribution in [3.63, 3.8) is 0 Å². The van der Waals surface area contributed by atoms with Crippen LogP contribution >= 0.6 is 0 Å². The van der Waals surface area contributed by atoms with Gasteiger partial charge in [0, 0.05) is 12.6 Å². The van der Waals surface area contributed by atoms with Crippen molar-refractivity contribution >= 4 is 5.91 Å². The number of carbonyl (C=O) groups excluding carboxylic acids is 1. The van der Waals surface area contributed by atoms with Crippen LogP contribution in [0.5, 0.6) is 0 Å². The van der Waals surface area contributed by atoms with Crippen molar-refractivity contribution in [3.8, 4) is 0 Å². The Morgan fingerprint density at radius 3 is 1.82 bits per heavy atom. The van der Waals surface area contributed by atoms with Gasteiger partial charge in [-0.2, -0.15) is 0 Å². The molecule has 0 bridgehead atoms. The molecule has 0 heterocycles. The van der Waals surface area contributed by atoms with Crippen LogP contribution in [-0.4, -0.2) is 23.2 Å². The van der Waals surface area contributed by atoms with E-state index in [1.54, 1.807) is 6.08 Å². The monoisotopic (exact) mass is 457 g/mol. The number of rotatable bonds is 21. The maximum Gasteiger partial charge on any atom is 0.244 e. The standard InChI is InChI=1S/C30H51NO2/c1-4-7-10-12-13-14-15-16-17-18-19-20-21-22-25-29(32)31-28-30(33,26-23-9-6-3)27-24-11-8-5-2/h12-15,18-22,25,33H,4-11,16-17,23-24,26-28H2,1-3H3,(H,31,32). The van der Waals surface area contributed by atoms with Crippen LogP contribution in [0, 0.1) is 0 Å². The molecule has 0 rings (SSSR count). The Labute approximate surface area is 204 Å². The quantitative estimate of drug-likeness (QED) is 0.104. The van der Waals surface area contributed by atoms with Crippen molar-refractivity contribution in [2.45, 2.75) is 116 Å². The van der Waals surface area contributed by atoms with E-state index in [-0.39, 0.29) is 5.91 Å². The topological polar surface area (TPSA) is 49.3 Å². The van der Waals surface area contributed by atoms with E-state index in [0.717, 1.165) is 64.2 Å². The van der Waals surface area contributed by atoms with Gasteiger partial charge in [-0.3, -0.25) is 4.79 Å². The molecule has 3 heteroatoms. The second kappa shape index (κ2) is 23.3. The summed E-state index contributed by atoms with van der Waals surface area (Å²) in [4.78, 5) is 12.1. The summed E-state index contributed by atoms with van der Waals surface area (Å²) in [6.07, 6.45) is 34.9. The highest BCUT2D eigenvalue weighted by atomic mass is 16.3. The molecule has 3 nitrogen and oxygen atoms in total. The second-order valence-electron chi connectivity index (χ2n) is 8.96. The van der Waals surface area contributed by atoms with Crippen LogP contribution in [0.4, 0.5) is 0 Å². The predicted molar refractivity (Wildman–Crippen MR) is 145 cm³/mol. The summed E-state index contributed by atoms with van der Waals surface area (Å²) >= 11 is 0. The number of carbonyl (C=O) groups is 1. The number of aliphatic hydroxyl groups is 1. The van der Waals surface area contributed by atoms with Gasteiger partial charge in [0.1, 0.15) is 0 Å². The van der Waals surface area contributed by atoms with Crippen LogP contribution in [0.15, 0.2) is 60.8 Å². The molecule has 1 amide bonds. The fraction of sp³-hybridized carbons (Fsp3) is 0.633. The van der Waals surface area contributed by atoms with E-state index in [1.165, 1.54) is 31.8 Å². The van der Waals surface area contributed by atoms with Crippen LogP contribution in [0.25, 0.3) is 0 Å². The molecule has 0 fully saturated rings. The Hall–Kier alpha value is -1.87. The molecule has 0 aliphatic carbocycles. The maximum atomic E-state index is 12.1. The number of unbranched alkanes of at least 4 members (excludes halogenated alkanes) is 8. The summed E-state index contributed by atoms with van der Waals surface area (Å²) in [5.74, 6) is -0.150. The highest BCUT2D eigenvalue weighted by molar-refractivity contribution is 5.87. The fourth-order valence-corrected chi connectivity index (χ4v) is 3.51. The average molecular weight is 458 g/mol. The molecule has 0 aliphatic rings. The lowest BCUT2D eigenvalue weighted by Gasteiger charge is -2.28. The van der Waals surface area contributed by atoms with Gasteiger partial charge in [0.2, 0.25) is 5.91 Å². The first-order valence-corrected chi connectivity index (χ1v) is 13.4. The molecule has 0 radical (unpaired) electrons. The van der Waals surface area contributed by atoms with Gasteiger partial charge in [-0.25, -0.2) is 0 Å². The van der Waals surface area contributed by atoms with Gasteiger partial charge in [0.05, 0.1) is 5.60 Å². The molecular weight excluding hydrogens is 406 g/mol. The van der Waals surface area contributed by atoms with Crippen LogP contribution in [0.2, 0.25) is 0 Å². The summed E-state index contributed by atoms with van der Waals surface area (Å²) < 4.78 is 0. The minimum atomic E-state index is -0.787. The number of allylic oxidation sites excluding steroid dienone is 9. The first-order valence-electron chi connectivity index (χ1n) is 13.4. The van der Waals surface area contributed by atoms with Crippen molar-refractivity contribution < 1.29 is 9.90 Å². The average Bonchev–Trinajstić information content (AvgIpc) is 2.81. The molecule has 1 atom stereocenters. The number of amides is 1. The molecule has 0 saturated heterocycles. The third-order valence-electron chi connectivity index (χ3n) is 5.66. The van der Waals surface area contributed by atoms with Gasteiger partial charge < -0.3 is 10.4 Å². The molecule has 0 aromatic heterocycles. The van der Waals surface area contributed by atoms with E-state index in [4.69, 9.17) is 0 Å². The van der Waals surface area contributed by atoms with Crippen LogP contribution in [0.3, 0.4) is 0 Å². The SMILES string of the molecule is CCCCC=CC=CCCC=CC=CC=CC(=O)NCC(O)(CCCCC)CCCCCC. The summed E-state index contributed by atoms with van der Waals surface area (Å²) in [5, 5.41) is 13.9. The van der Waals surface area contributed by atoms with E-state index in [1.807, 2.05) is 18.2 Å². The summed E-state index contributed by atoms with van der Waals surface area (Å²) in [7, 11) is 0. The van der Waals surface area contributed by atoms with Crippen molar-refractivity contribution in [1.29, 1.82) is 0 Å². The van der Waals surface area contributed by atoms with E-state index >= 15 is 0 Å². The van der Waals surface area contributed by atoms with Gasteiger partial charge in [-0.15, -0.1) is 0 Å². The Morgan fingerprint density at radius 2 is 1.18 bits per heavy atom. The van der Waals surface area contributed by atoms with Crippen molar-refractivity contribution in [1.82, 2.24) is 5.32 Å². The summed E-state index contributed by atoms with van der Waals surface area (Å²) in [6.45, 7) is 6.90. The minimum Gasteiger partial charge on any atom is -0.388 e. The van der Waals surface area contributed by atoms with E-state index in [0.29, 0.717) is 6.54 Å². The Morgan fingerprint density at radius 1 is 0.667 bits per heavy atom. The van der Waals surface area contributed by atoms with Gasteiger partial charge in [0.15, 0.2) is 0 Å². The molecule has 2 N–H and O–H groups in total. The molecular formula is C30H51NO2. The maximum absolute atomic E-state index is 12.1. The van der Waals surface area contributed by atoms with Gasteiger partial charge in [-0.05, 0) is 32.1 Å². The van der Waals surface area contributed by atoms with Gasteiger partial charge in [0.25, 0.3) is 0 Å². The van der Waals surface area contributed by atoms with Crippen molar-refractivity contribution in [3.05, 3.63) is 60.8 Å². The second-order valence-corrected chi connectivity index (χ2v) is 8.96. The third kappa shape index (κ3) is 21.7. The molecule has 33 heavy (non-hydrogen) atoms. The predicted octanol–water partition coefficient (Wildman–Crippen LogP) is 8.14. The Bertz CT molecular complexity index is 600. The number of hydrogen-bond acceptors (Lipinski definition) is 2. The lowest BCUT2D eigenvalue weighted by atomic mass is 9.90. The first kappa shape index (κ1) is 31.1. The molecule has 0 aromatic carbocycles. The number of hydrogen-bond donors (Lipinski definition) is 2. The summed E-state index contributed by atoms with van der Waals surface area (Å²) in [5.41, 5.74) is -0.787. The molecule has 188 valence electrons. The lowest BCUT2D eigenvalue weighted by Crippen LogP contribution is -2.42.